The predicted octanol–water partition coefficient (Wildman–Crippen LogP) is 3.13. The summed E-state index contributed by atoms with van der Waals surface area (Å²) in [6, 6.07) is 12.9. The lowest BCUT2D eigenvalue weighted by Crippen LogP contribution is -2.04. The monoisotopic (exact) mass is 282 g/mol. The number of benzene rings is 1. The fourth-order valence-electron chi connectivity index (χ4n) is 1.93. The Hall–Kier alpha value is -2.82. The summed E-state index contributed by atoms with van der Waals surface area (Å²) in [5.74, 6) is 0.449. The maximum absolute atomic E-state index is 11.8. The molecule has 0 aliphatic heterocycles. The number of rotatable bonds is 4. The first kappa shape index (κ1) is 13.2. The van der Waals surface area contributed by atoms with Gasteiger partial charge in [0.1, 0.15) is 12.4 Å². The first-order valence-corrected chi connectivity index (χ1v) is 6.55. The van der Waals surface area contributed by atoms with Crippen LogP contribution in [0, 0.1) is 6.92 Å². The Balaban J connectivity index is 1.62. The maximum Gasteiger partial charge on any atom is 0.374 e. The minimum Gasteiger partial charge on any atom is -0.455 e. The number of carbonyl (C=O) groups excluding carboxylic acids is 1. The van der Waals surface area contributed by atoms with Gasteiger partial charge in [0.2, 0.25) is 5.76 Å². The van der Waals surface area contributed by atoms with Crippen molar-refractivity contribution in [3.63, 3.8) is 0 Å². The maximum atomic E-state index is 11.8. The molecule has 0 fully saturated rings. The Morgan fingerprint density at radius 2 is 2.05 bits per heavy atom. The van der Waals surface area contributed by atoms with Crippen molar-refractivity contribution in [2.24, 2.45) is 0 Å². The summed E-state index contributed by atoms with van der Waals surface area (Å²) in [5.41, 5.74) is 1.86. The SMILES string of the molecule is Cc1ccc(C(=O)OCc2ccc(-n3cccn3)cc2)o1. The van der Waals surface area contributed by atoms with Crippen molar-refractivity contribution in [3.05, 3.63) is 71.9 Å². The molecule has 0 saturated heterocycles. The van der Waals surface area contributed by atoms with Crippen LogP contribution in [0.3, 0.4) is 0 Å². The lowest BCUT2D eigenvalue weighted by atomic mass is 10.2. The smallest absolute Gasteiger partial charge is 0.374 e. The van der Waals surface area contributed by atoms with Crippen molar-refractivity contribution in [1.29, 1.82) is 0 Å². The second-order valence-corrected chi connectivity index (χ2v) is 4.60. The molecule has 2 aromatic heterocycles. The van der Waals surface area contributed by atoms with Gasteiger partial charge in [-0.2, -0.15) is 5.10 Å². The van der Waals surface area contributed by atoms with E-state index in [0.29, 0.717) is 5.76 Å². The summed E-state index contributed by atoms with van der Waals surface area (Å²) >= 11 is 0. The summed E-state index contributed by atoms with van der Waals surface area (Å²) in [4.78, 5) is 11.8. The number of carbonyl (C=O) groups is 1. The Morgan fingerprint density at radius 1 is 1.24 bits per heavy atom. The average molecular weight is 282 g/mol. The molecule has 5 heteroatoms. The van der Waals surface area contributed by atoms with Crippen LogP contribution in [0.2, 0.25) is 0 Å². The van der Waals surface area contributed by atoms with Gasteiger partial charge in [0.05, 0.1) is 5.69 Å². The van der Waals surface area contributed by atoms with E-state index in [1.807, 2.05) is 36.5 Å². The Labute approximate surface area is 121 Å². The second-order valence-electron chi connectivity index (χ2n) is 4.60. The number of esters is 1. The molecule has 3 rings (SSSR count). The van der Waals surface area contributed by atoms with Crippen LogP contribution in [-0.2, 0) is 11.3 Å². The van der Waals surface area contributed by atoms with Crippen molar-refractivity contribution in [1.82, 2.24) is 9.78 Å². The van der Waals surface area contributed by atoms with E-state index in [1.165, 1.54) is 0 Å². The number of nitrogens with zero attached hydrogens (tertiary/aromatic N) is 2. The number of aryl methyl sites for hydroxylation is 1. The van der Waals surface area contributed by atoms with Gasteiger partial charge in [-0.05, 0) is 42.8 Å². The molecular weight excluding hydrogens is 268 g/mol. The first-order valence-electron chi connectivity index (χ1n) is 6.55. The molecule has 0 N–H and O–H groups in total. The quantitative estimate of drug-likeness (QED) is 0.690. The van der Waals surface area contributed by atoms with Gasteiger partial charge in [-0.3, -0.25) is 0 Å². The minimum absolute atomic E-state index is 0.206. The van der Waals surface area contributed by atoms with Crippen LogP contribution < -0.4 is 0 Å². The number of ether oxygens (including phenoxy) is 1. The Kier molecular flexibility index (Phi) is 3.55. The zero-order valence-corrected chi connectivity index (χ0v) is 11.5. The van der Waals surface area contributed by atoms with E-state index in [0.717, 1.165) is 11.3 Å². The summed E-state index contributed by atoms with van der Waals surface area (Å²) in [5, 5.41) is 4.15. The highest BCUT2D eigenvalue weighted by Gasteiger charge is 2.11. The molecule has 0 bridgehead atoms. The molecule has 0 saturated carbocycles. The van der Waals surface area contributed by atoms with Crippen LogP contribution in [-0.4, -0.2) is 15.7 Å². The summed E-state index contributed by atoms with van der Waals surface area (Å²) < 4.78 is 12.2. The highest BCUT2D eigenvalue weighted by molar-refractivity contribution is 5.86. The topological polar surface area (TPSA) is 57.3 Å². The van der Waals surface area contributed by atoms with Crippen LogP contribution >= 0.6 is 0 Å². The van der Waals surface area contributed by atoms with Crippen molar-refractivity contribution in [2.45, 2.75) is 13.5 Å². The van der Waals surface area contributed by atoms with Gasteiger partial charge < -0.3 is 9.15 Å². The molecule has 1 aromatic carbocycles. The van der Waals surface area contributed by atoms with Crippen LogP contribution in [0.15, 0.2) is 59.3 Å². The first-order chi connectivity index (χ1) is 10.2. The van der Waals surface area contributed by atoms with E-state index in [1.54, 1.807) is 29.9 Å². The summed E-state index contributed by atoms with van der Waals surface area (Å²) in [6.45, 7) is 1.99. The molecular formula is C16H14N2O3. The molecule has 3 aromatic rings. The molecule has 106 valence electrons. The van der Waals surface area contributed by atoms with Gasteiger partial charge in [-0.15, -0.1) is 0 Å². The van der Waals surface area contributed by atoms with Gasteiger partial charge in [-0.1, -0.05) is 12.1 Å². The van der Waals surface area contributed by atoms with Gasteiger partial charge in [0.15, 0.2) is 0 Å². The van der Waals surface area contributed by atoms with E-state index in [9.17, 15) is 4.79 Å². The standard InChI is InChI=1S/C16H14N2O3/c1-12-3-8-15(21-12)16(19)20-11-13-4-6-14(7-5-13)18-10-2-9-17-18/h2-10H,11H2,1H3. The van der Waals surface area contributed by atoms with E-state index >= 15 is 0 Å². The third-order valence-electron chi connectivity index (χ3n) is 3.02. The molecule has 2 heterocycles. The molecule has 0 radical (unpaired) electrons. The lowest BCUT2D eigenvalue weighted by Gasteiger charge is -2.05. The van der Waals surface area contributed by atoms with Gasteiger partial charge >= 0.3 is 5.97 Å². The predicted molar refractivity (Wildman–Crippen MR) is 76.1 cm³/mol. The van der Waals surface area contributed by atoms with E-state index in [2.05, 4.69) is 5.10 Å². The highest BCUT2D eigenvalue weighted by atomic mass is 16.5. The minimum atomic E-state index is -0.459. The van der Waals surface area contributed by atoms with E-state index < -0.39 is 5.97 Å². The fourth-order valence-corrected chi connectivity index (χ4v) is 1.93. The third kappa shape index (κ3) is 3.02. The van der Waals surface area contributed by atoms with Gasteiger partial charge in [0, 0.05) is 12.4 Å². The number of aromatic nitrogens is 2. The molecule has 5 nitrogen and oxygen atoms in total. The fraction of sp³-hybridized carbons (Fsp3) is 0.125. The van der Waals surface area contributed by atoms with E-state index in [-0.39, 0.29) is 12.4 Å². The number of hydrogen-bond acceptors (Lipinski definition) is 4. The molecule has 0 amide bonds. The average Bonchev–Trinajstić information content (AvgIpc) is 3.16. The molecule has 0 spiro atoms. The Morgan fingerprint density at radius 3 is 2.67 bits per heavy atom. The number of furan rings is 1. The van der Waals surface area contributed by atoms with Crippen molar-refractivity contribution in [2.75, 3.05) is 0 Å². The van der Waals surface area contributed by atoms with Crippen molar-refractivity contribution >= 4 is 5.97 Å². The van der Waals surface area contributed by atoms with Crippen LogP contribution in [0.5, 0.6) is 0 Å². The van der Waals surface area contributed by atoms with Gasteiger partial charge in [0.25, 0.3) is 0 Å². The van der Waals surface area contributed by atoms with E-state index in [4.69, 9.17) is 9.15 Å². The van der Waals surface area contributed by atoms with Crippen molar-refractivity contribution in [3.8, 4) is 5.69 Å². The molecule has 0 atom stereocenters. The third-order valence-corrected chi connectivity index (χ3v) is 3.02. The molecule has 21 heavy (non-hydrogen) atoms. The van der Waals surface area contributed by atoms with Crippen LogP contribution in [0.1, 0.15) is 21.9 Å². The molecule has 0 aliphatic rings. The zero-order valence-electron chi connectivity index (χ0n) is 11.5. The zero-order chi connectivity index (χ0) is 14.7. The van der Waals surface area contributed by atoms with Crippen molar-refractivity contribution < 1.29 is 13.9 Å². The molecule has 0 aliphatic carbocycles. The summed E-state index contributed by atoms with van der Waals surface area (Å²) in [7, 11) is 0. The molecule has 0 unspecified atom stereocenters. The summed E-state index contributed by atoms with van der Waals surface area (Å²) in [6.07, 6.45) is 3.59. The Bertz CT molecular complexity index is 727. The van der Waals surface area contributed by atoms with Crippen LogP contribution in [0.25, 0.3) is 5.69 Å². The second kappa shape index (κ2) is 5.66. The van der Waals surface area contributed by atoms with Crippen LogP contribution in [0.4, 0.5) is 0 Å². The van der Waals surface area contributed by atoms with Gasteiger partial charge in [-0.25, -0.2) is 9.48 Å². The highest BCUT2D eigenvalue weighted by Crippen LogP contribution is 2.12. The number of hydrogen-bond donors (Lipinski definition) is 0. The largest absolute Gasteiger partial charge is 0.455 e. The lowest BCUT2D eigenvalue weighted by molar-refractivity contribution is 0.0434. The normalized spacial score (nSPS) is 10.5.